The number of furan rings is 1. The molecule has 2 aromatic heterocycles. The molecule has 3 nitrogen and oxygen atoms in total. The molecule has 8 aromatic rings. The largest absolute Gasteiger partial charge is 0.455 e. The van der Waals surface area contributed by atoms with Crippen molar-refractivity contribution < 1.29 is 4.42 Å². The zero-order chi connectivity index (χ0) is 37.3. The Balaban J connectivity index is 1.29. The Morgan fingerprint density at radius 1 is 0.618 bits per heavy atom. The summed E-state index contributed by atoms with van der Waals surface area (Å²) < 4.78 is 9.74. The van der Waals surface area contributed by atoms with E-state index in [4.69, 9.17) is 4.42 Å². The van der Waals surface area contributed by atoms with Crippen molar-refractivity contribution in [3.8, 4) is 11.1 Å². The van der Waals surface area contributed by atoms with E-state index >= 15 is 0 Å². The molecule has 12 rings (SSSR count). The first-order valence-electron chi connectivity index (χ1n) is 19.9. The van der Waals surface area contributed by atoms with Crippen LogP contribution in [0.2, 0.25) is 0 Å². The van der Waals surface area contributed by atoms with Gasteiger partial charge in [-0.2, -0.15) is 0 Å². The van der Waals surface area contributed by atoms with Crippen LogP contribution in [0.3, 0.4) is 0 Å². The van der Waals surface area contributed by atoms with Gasteiger partial charge >= 0.3 is 6.85 Å². The highest BCUT2D eigenvalue weighted by Gasteiger charge is 2.52. The molecular formula is C50H43BN2OS. The molecule has 0 fully saturated rings. The topological polar surface area (TPSA) is 19.6 Å². The van der Waals surface area contributed by atoms with Crippen molar-refractivity contribution in [3.05, 3.63) is 137 Å². The van der Waals surface area contributed by atoms with Crippen molar-refractivity contribution in [2.45, 2.75) is 77.6 Å². The molecule has 5 heteroatoms. The number of benzene rings is 6. The van der Waals surface area contributed by atoms with Crippen LogP contribution in [-0.4, -0.2) is 6.85 Å². The molecule has 1 aliphatic carbocycles. The summed E-state index contributed by atoms with van der Waals surface area (Å²) in [4.78, 5) is 5.38. The van der Waals surface area contributed by atoms with E-state index in [9.17, 15) is 0 Å². The number of fused-ring (bicyclic) bond motifs is 13. The Morgan fingerprint density at radius 2 is 1.31 bits per heavy atom. The van der Waals surface area contributed by atoms with Gasteiger partial charge in [-0.3, -0.25) is 0 Å². The van der Waals surface area contributed by atoms with Gasteiger partial charge in [0.25, 0.3) is 0 Å². The lowest BCUT2D eigenvalue weighted by molar-refractivity contribution is 0.332. The lowest BCUT2D eigenvalue weighted by atomic mass is 9.45. The molecule has 0 atom stereocenters. The molecule has 268 valence electrons. The van der Waals surface area contributed by atoms with Crippen LogP contribution < -0.4 is 20.0 Å². The van der Waals surface area contributed by atoms with Crippen molar-refractivity contribution in [3.63, 3.8) is 0 Å². The number of anilines is 5. The second-order valence-electron chi connectivity index (χ2n) is 18.4. The van der Waals surface area contributed by atoms with Crippen LogP contribution in [0.25, 0.3) is 43.2 Å². The van der Waals surface area contributed by atoms with Crippen LogP contribution in [0.15, 0.2) is 114 Å². The highest BCUT2D eigenvalue weighted by Crippen LogP contribution is 2.59. The summed E-state index contributed by atoms with van der Waals surface area (Å²) in [5, 5.41) is 3.65. The highest BCUT2D eigenvalue weighted by atomic mass is 32.1. The maximum atomic E-state index is 7.03. The van der Waals surface area contributed by atoms with Gasteiger partial charge < -0.3 is 14.1 Å². The Bertz CT molecular complexity index is 3020. The van der Waals surface area contributed by atoms with Crippen molar-refractivity contribution in [1.29, 1.82) is 0 Å². The molecular weight excluding hydrogens is 687 g/mol. The van der Waals surface area contributed by atoms with E-state index in [0.29, 0.717) is 0 Å². The van der Waals surface area contributed by atoms with Crippen LogP contribution in [0.1, 0.15) is 82.2 Å². The summed E-state index contributed by atoms with van der Waals surface area (Å²) >= 11 is 1.97. The van der Waals surface area contributed by atoms with Gasteiger partial charge in [0.05, 0.1) is 5.69 Å². The van der Waals surface area contributed by atoms with Crippen LogP contribution >= 0.6 is 11.3 Å². The van der Waals surface area contributed by atoms with Crippen molar-refractivity contribution in [1.82, 2.24) is 0 Å². The predicted octanol–water partition coefficient (Wildman–Crippen LogP) is 12.8. The van der Waals surface area contributed by atoms with Gasteiger partial charge in [-0.05, 0) is 94.2 Å². The molecule has 5 heterocycles. The molecule has 55 heavy (non-hydrogen) atoms. The zero-order valence-corrected chi connectivity index (χ0v) is 33.4. The molecule has 6 aromatic carbocycles. The number of thiophene rings is 1. The first-order valence-corrected chi connectivity index (χ1v) is 20.8. The number of aryl methyl sites for hydroxylation is 1. The van der Waals surface area contributed by atoms with Crippen molar-refractivity contribution in [2.75, 3.05) is 9.71 Å². The minimum atomic E-state index is -0.176. The summed E-state index contributed by atoms with van der Waals surface area (Å²) in [6.07, 6.45) is 2.38. The number of hydrogen-bond donors (Lipinski definition) is 0. The van der Waals surface area contributed by atoms with Crippen molar-refractivity contribution >= 4 is 88.9 Å². The predicted molar refractivity (Wildman–Crippen MR) is 235 cm³/mol. The number of rotatable bonds is 1. The quantitative estimate of drug-likeness (QED) is 0.157. The Kier molecular flexibility index (Phi) is 6.01. The fourth-order valence-electron chi connectivity index (χ4n) is 11.0. The van der Waals surface area contributed by atoms with E-state index in [1.165, 1.54) is 106 Å². The van der Waals surface area contributed by atoms with Gasteiger partial charge in [-0.1, -0.05) is 120 Å². The second kappa shape index (κ2) is 10.3. The molecule has 3 aliphatic heterocycles. The molecule has 0 saturated carbocycles. The van der Waals surface area contributed by atoms with E-state index in [1.54, 1.807) is 0 Å². The fourth-order valence-corrected chi connectivity index (χ4v) is 12.3. The number of para-hydroxylation sites is 3. The van der Waals surface area contributed by atoms with Gasteiger partial charge in [0, 0.05) is 64.9 Å². The van der Waals surface area contributed by atoms with E-state index in [0.717, 1.165) is 16.6 Å². The van der Waals surface area contributed by atoms with E-state index in [2.05, 4.69) is 167 Å². The lowest BCUT2D eigenvalue weighted by Crippen LogP contribution is -2.62. The van der Waals surface area contributed by atoms with Gasteiger partial charge in [0.1, 0.15) is 11.2 Å². The fraction of sp³-hybridized carbons (Fsp3) is 0.240. The summed E-state index contributed by atoms with van der Waals surface area (Å²) in [6, 6.07) is 41.5. The number of nitrogens with zero attached hydrogens (tertiary/aromatic N) is 2. The number of hydrogen-bond acceptors (Lipinski definition) is 4. The lowest BCUT2D eigenvalue weighted by Gasteiger charge is -2.50. The van der Waals surface area contributed by atoms with E-state index in [-0.39, 0.29) is 23.1 Å². The molecule has 0 amide bonds. The van der Waals surface area contributed by atoms with Gasteiger partial charge in [-0.25, -0.2) is 0 Å². The van der Waals surface area contributed by atoms with Gasteiger partial charge in [0.2, 0.25) is 0 Å². The summed E-state index contributed by atoms with van der Waals surface area (Å²) in [6.45, 7) is 16.9. The molecule has 0 unspecified atom stereocenters. The SMILES string of the molecule is Cc1cc2c(cc1N1c3cc4c(oc5ccccc54)c4c3B(c3sc5ccccc5c31)N1c3ccccc3C(C)(C)c3cccc-4c31)C(C)(C)CCC2(C)C. The smallest absolute Gasteiger partial charge is 0.343 e. The van der Waals surface area contributed by atoms with E-state index in [1.807, 2.05) is 11.3 Å². The van der Waals surface area contributed by atoms with Crippen LogP contribution in [0.5, 0.6) is 0 Å². The second-order valence-corrected chi connectivity index (χ2v) is 19.5. The maximum Gasteiger partial charge on any atom is 0.343 e. The monoisotopic (exact) mass is 730 g/mol. The summed E-state index contributed by atoms with van der Waals surface area (Å²) in [5.74, 6) is 0. The highest BCUT2D eigenvalue weighted by molar-refractivity contribution is 7.32. The molecule has 0 spiro atoms. The Hall–Kier alpha value is -5.26. The van der Waals surface area contributed by atoms with Gasteiger partial charge in [-0.15, -0.1) is 11.3 Å². The average molecular weight is 731 g/mol. The molecule has 0 saturated heterocycles. The molecule has 0 radical (unpaired) electrons. The minimum Gasteiger partial charge on any atom is -0.455 e. The van der Waals surface area contributed by atoms with Crippen LogP contribution in [-0.2, 0) is 16.2 Å². The third-order valence-electron chi connectivity index (χ3n) is 14.0. The third kappa shape index (κ3) is 3.92. The molecule has 0 N–H and O–H groups in total. The molecule has 0 bridgehead atoms. The minimum absolute atomic E-state index is 0.0366. The standard InChI is InChI=1S/C50H43BN2OS/c1-28-25-35-36(49(4,5)24-23-48(35,2)3)27-38(28)52-39-26-32-29-15-8-12-21-40(29)54-46(32)42-31-17-14-19-34-44(31)53(37-20-11-10-18-33(37)50(34,6)7)51(43(39)42)47-45(52)30-16-9-13-22-41(30)55-47/h8-22,25-27H,23-24H2,1-7H3. The maximum absolute atomic E-state index is 7.03. The average Bonchev–Trinajstić information content (AvgIpc) is 3.75. The third-order valence-corrected chi connectivity index (χ3v) is 15.2. The summed E-state index contributed by atoms with van der Waals surface area (Å²) in [7, 11) is 0. The first kappa shape index (κ1) is 32.0. The normalized spacial score (nSPS) is 17.9. The van der Waals surface area contributed by atoms with E-state index < -0.39 is 0 Å². The Labute approximate surface area is 327 Å². The first-order chi connectivity index (χ1) is 26.5. The summed E-state index contributed by atoms with van der Waals surface area (Å²) in [5.41, 5.74) is 19.3. The van der Waals surface area contributed by atoms with Crippen LogP contribution in [0.4, 0.5) is 28.4 Å². The Morgan fingerprint density at radius 3 is 2.13 bits per heavy atom. The molecule has 4 aliphatic rings. The van der Waals surface area contributed by atoms with Gasteiger partial charge in [0.15, 0.2) is 0 Å². The zero-order valence-electron chi connectivity index (χ0n) is 32.6. The van der Waals surface area contributed by atoms with Crippen molar-refractivity contribution in [2.24, 2.45) is 0 Å². The van der Waals surface area contributed by atoms with Crippen LogP contribution in [0, 0.1) is 6.92 Å².